The van der Waals surface area contributed by atoms with Crippen molar-refractivity contribution in [3.63, 3.8) is 0 Å². The SMILES string of the molecule is CC.CCCOCCOCCN(CCOC)CCOCCOCCN. The topological polar surface area (TPSA) is 75.4 Å². The molecule has 0 saturated carbocycles. The molecule has 7 nitrogen and oxygen atoms in total. The molecule has 2 N–H and O–H groups in total. The molecule has 0 aliphatic heterocycles. The van der Waals surface area contributed by atoms with Gasteiger partial charge in [0.1, 0.15) is 0 Å². The summed E-state index contributed by atoms with van der Waals surface area (Å²) in [6, 6.07) is 0. The number of ether oxygens (including phenoxy) is 5. The molecule has 0 atom stereocenters. The molecular formula is C18H42N2O5. The van der Waals surface area contributed by atoms with Gasteiger partial charge in [-0.3, -0.25) is 4.90 Å². The fraction of sp³-hybridized carbons (Fsp3) is 1.00. The number of hydrogen-bond donors (Lipinski definition) is 1. The summed E-state index contributed by atoms with van der Waals surface area (Å²) in [5.74, 6) is 0. The molecule has 0 aromatic rings. The molecule has 0 amide bonds. The number of nitrogens with two attached hydrogens (primary N) is 1. The van der Waals surface area contributed by atoms with Crippen LogP contribution in [-0.4, -0.2) is 97.7 Å². The highest BCUT2D eigenvalue weighted by Crippen LogP contribution is 1.91. The largest absolute Gasteiger partial charge is 0.383 e. The summed E-state index contributed by atoms with van der Waals surface area (Å²) in [4.78, 5) is 2.27. The van der Waals surface area contributed by atoms with Crippen LogP contribution in [0.15, 0.2) is 0 Å². The van der Waals surface area contributed by atoms with Gasteiger partial charge in [-0.25, -0.2) is 0 Å². The molecule has 0 saturated heterocycles. The van der Waals surface area contributed by atoms with Crippen LogP contribution in [0.2, 0.25) is 0 Å². The average molecular weight is 367 g/mol. The first-order valence-electron chi connectivity index (χ1n) is 9.57. The Bertz CT molecular complexity index is 206. The zero-order valence-corrected chi connectivity index (χ0v) is 17.0. The van der Waals surface area contributed by atoms with Gasteiger partial charge < -0.3 is 29.4 Å². The molecule has 154 valence electrons. The minimum Gasteiger partial charge on any atom is -0.383 e. The second-order valence-corrected chi connectivity index (χ2v) is 5.07. The third-order valence-corrected chi connectivity index (χ3v) is 3.07. The summed E-state index contributed by atoms with van der Waals surface area (Å²) < 4.78 is 26.9. The van der Waals surface area contributed by atoms with Gasteiger partial charge in [0.2, 0.25) is 0 Å². The molecule has 0 aromatic heterocycles. The van der Waals surface area contributed by atoms with Crippen LogP contribution < -0.4 is 5.73 Å². The van der Waals surface area contributed by atoms with Crippen molar-refractivity contribution < 1.29 is 23.7 Å². The Hall–Kier alpha value is -0.280. The molecule has 0 spiro atoms. The van der Waals surface area contributed by atoms with Crippen molar-refractivity contribution in [3.8, 4) is 0 Å². The highest BCUT2D eigenvalue weighted by atomic mass is 16.5. The molecule has 0 aliphatic rings. The standard InChI is InChI=1S/C16H36N2O5.C2H6/c1-3-8-20-13-15-22-11-6-18(5-10-19-2)7-12-23-16-14-21-9-4-17;1-2/h3-17H2,1-2H3;1-2H3. The fourth-order valence-corrected chi connectivity index (χ4v) is 1.81. The summed E-state index contributed by atoms with van der Waals surface area (Å²) in [5, 5.41) is 0. The smallest absolute Gasteiger partial charge is 0.0701 e. The van der Waals surface area contributed by atoms with E-state index in [4.69, 9.17) is 29.4 Å². The normalized spacial score (nSPS) is 10.8. The van der Waals surface area contributed by atoms with Crippen molar-refractivity contribution in [3.05, 3.63) is 0 Å². The van der Waals surface area contributed by atoms with E-state index < -0.39 is 0 Å². The van der Waals surface area contributed by atoms with Gasteiger partial charge in [0.15, 0.2) is 0 Å². The Labute approximate surface area is 155 Å². The Kier molecular flexibility index (Phi) is 28.0. The zero-order chi connectivity index (χ0) is 19.0. The lowest BCUT2D eigenvalue weighted by Gasteiger charge is -2.21. The van der Waals surface area contributed by atoms with E-state index in [0.717, 1.165) is 32.7 Å². The Morgan fingerprint density at radius 1 is 0.640 bits per heavy atom. The van der Waals surface area contributed by atoms with Gasteiger partial charge in [-0.15, -0.1) is 0 Å². The lowest BCUT2D eigenvalue weighted by atomic mass is 10.4. The van der Waals surface area contributed by atoms with E-state index in [9.17, 15) is 0 Å². The van der Waals surface area contributed by atoms with Crippen LogP contribution in [0.1, 0.15) is 27.2 Å². The maximum absolute atomic E-state index is 5.58. The monoisotopic (exact) mass is 366 g/mol. The van der Waals surface area contributed by atoms with Crippen LogP contribution in [0.4, 0.5) is 0 Å². The number of hydrogen-bond acceptors (Lipinski definition) is 7. The molecular weight excluding hydrogens is 324 g/mol. The quantitative estimate of drug-likeness (QED) is 0.346. The third-order valence-electron chi connectivity index (χ3n) is 3.07. The molecule has 7 heteroatoms. The van der Waals surface area contributed by atoms with Gasteiger partial charge in [-0.05, 0) is 6.42 Å². The summed E-state index contributed by atoms with van der Waals surface area (Å²) in [5.41, 5.74) is 5.34. The predicted octanol–water partition coefficient (Wildman–Crippen LogP) is 1.40. The molecule has 0 radical (unpaired) electrons. The van der Waals surface area contributed by atoms with Gasteiger partial charge in [0, 0.05) is 39.9 Å². The second-order valence-electron chi connectivity index (χ2n) is 5.07. The van der Waals surface area contributed by atoms with Gasteiger partial charge in [0.05, 0.1) is 52.9 Å². The molecule has 0 heterocycles. The van der Waals surface area contributed by atoms with E-state index in [1.807, 2.05) is 13.8 Å². The zero-order valence-electron chi connectivity index (χ0n) is 17.0. The minimum absolute atomic E-state index is 0.550. The first-order valence-corrected chi connectivity index (χ1v) is 9.57. The predicted molar refractivity (Wildman–Crippen MR) is 102 cm³/mol. The van der Waals surface area contributed by atoms with Crippen LogP contribution in [0.5, 0.6) is 0 Å². The lowest BCUT2D eigenvalue weighted by Crippen LogP contribution is -2.34. The van der Waals surface area contributed by atoms with Gasteiger partial charge in [0.25, 0.3) is 0 Å². The van der Waals surface area contributed by atoms with Gasteiger partial charge in [-0.2, -0.15) is 0 Å². The fourth-order valence-electron chi connectivity index (χ4n) is 1.81. The van der Waals surface area contributed by atoms with Crippen molar-refractivity contribution in [1.29, 1.82) is 0 Å². The van der Waals surface area contributed by atoms with Crippen LogP contribution in [-0.2, 0) is 23.7 Å². The number of methoxy groups -OCH3 is 1. The minimum atomic E-state index is 0.550. The van der Waals surface area contributed by atoms with E-state index in [0.29, 0.717) is 59.4 Å². The third kappa shape index (κ3) is 23.7. The van der Waals surface area contributed by atoms with E-state index in [2.05, 4.69) is 11.8 Å². The second kappa shape index (κ2) is 26.0. The van der Waals surface area contributed by atoms with Gasteiger partial charge >= 0.3 is 0 Å². The van der Waals surface area contributed by atoms with E-state index in [1.165, 1.54) is 0 Å². The first-order chi connectivity index (χ1) is 12.3. The number of rotatable bonds is 19. The van der Waals surface area contributed by atoms with Gasteiger partial charge in [-0.1, -0.05) is 20.8 Å². The van der Waals surface area contributed by atoms with E-state index in [1.54, 1.807) is 7.11 Å². The summed E-state index contributed by atoms with van der Waals surface area (Å²) in [7, 11) is 1.71. The Morgan fingerprint density at radius 2 is 1.08 bits per heavy atom. The summed E-state index contributed by atoms with van der Waals surface area (Å²) >= 11 is 0. The van der Waals surface area contributed by atoms with Crippen molar-refractivity contribution in [1.82, 2.24) is 4.90 Å². The molecule has 0 fully saturated rings. The maximum Gasteiger partial charge on any atom is 0.0701 e. The maximum atomic E-state index is 5.58. The molecule has 0 aliphatic carbocycles. The summed E-state index contributed by atoms with van der Waals surface area (Å²) in [6.45, 7) is 15.2. The van der Waals surface area contributed by atoms with Crippen molar-refractivity contribution in [2.75, 3.05) is 92.8 Å². The van der Waals surface area contributed by atoms with E-state index in [-0.39, 0.29) is 0 Å². The average Bonchev–Trinajstić information content (AvgIpc) is 2.65. The van der Waals surface area contributed by atoms with Crippen LogP contribution in [0.3, 0.4) is 0 Å². The summed E-state index contributed by atoms with van der Waals surface area (Å²) in [6.07, 6.45) is 1.04. The van der Waals surface area contributed by atoms with Crippen LogP contribution in [0.25, 0.3) is 0 Å². The highest BCUT2D eigenvalue weighted by molar-refractivity contribution is 4.57. The lowest BCUT2D eigenvalue weighted by molar-refractivity contribution is 0.0206. The van der Waals surface area contributed by atoms with Crippen molar-refractivity contribution >= 4 is 0 Å². The van der Waals surface area contributed by atoms with Crippen LogP contribution >= 0.6 is 0 Å². The van der Waals surface area contributed by atoms with E-state index >= 15 is 0 Å². The van der Waals surface area contributed by atoms with Crippen molar-refractivity contribution in [2.24, 2.45) is 5.73 Å². The van der Waals surface area contributed by atoms with Crippen LogP contribution in [0, 0.1) is 0 Å². The number of nitrogens with zero attached hydrogens (tertiary/aromatic N) is 1. The first kappa shape index (κ1) is 26.9. The highest BCUT2D eigenvalue weighted by Gasteiger charge is 2.04. The Balaban J connectivity index is 0. The van der Waals surface area contributed by atoms with Crippen molar-refractivity contribution in [2.45, 2.75) is 27.2 Å². The molecule has 25 heavy (non-hydrogen) atoms. The molecule has 0 aromatic carbocycles. The molecule has 0 rings (SSSR count). The Morgan fingerprint density at radius 3 is 1.52 bits per heavy atom. The molecule has 0 bridgehead atoms. The molecule has 0 unspecified atom stereocenters.